The zero-order chi connectivity index (χ0) is 38.9. The highest BCUT2D eigenvalue weighted by Crippen LogP contribution is 2.46. The van der Waals surface area contributed by atoms with E-state index in [1.807, 2.05) is 18.2 Å². The average molecular weight is 754 g/mol. The molecule has 0 spiro atoms. The molecule has 2 aromatic heterocycles. The summed E-state index contributed by atoms with van der Waals surface area (Å²) in [7, 11) is 0. The summed E-state index contributed by atoms with van der Waals surface area (Å²) in [5.74, 6) is 0. The number of fused-ring (bicyclic) bond motifs is 9. The molecular weight excluding hydrogens is 719 g/mol. The highest BCUT2D eigenvalue weighted by molar-refractivity contribution is 6.14. The van der Waals surface area contributed by atoms with Crippen molar-refractivity contribution < 1.29 is 8.83 Å². The number of hydrogen-bond acceptors (Lipinski definition) is 3. The second-order valence-electron chi connectivity index (χ2n) is 15.2. The molecule has 0 N–H and O–H groups in total. The fourth-order valence-corrected chi connectivity index (χ4v) is 9.04. The van der Waals surface area contributed by atoms with E-state index in [4.69, 9.17) is 8.83 Å². The van der Waals surface area contributed by atoms with E-state index in [1.54, 1.807) is 0 Å². The van der Waals surface area contributed by atoms with Gasteiger partial charge in [-0.05, 0) is 86.3 Å². The normalized spacial score (nSPS) is 11.7. The van der Waals surface area contributed by atoms with E-state index in [2.05, 4.69) is 199 Å². The van der Waals surface area contributed by atoms with Gasteiger partial charge in [0.05, 0.1) is 5.69 Å². The van der Waals surface area contributed by atoms with Gasteiger partial charge < -0.3 is 13.7 Å². The molecule has 276 valence electrons. The van der Waals surface area contributed by atoms with E-state index < -0.39 is 0 Å². The lowest BCUT2D eigenvalue weighted by molar-refractivity contribution is 0.669. The second-order valence-corrected chi connectivity index (χ2v) is 15.2. The van der Waals surface area contributed by atoms with E-state index in [0.29, 0.717) is 0 Å². The molecule has 0 aliphatic carbocycles. The summed E-state index contributed by atoms with van der Waals surface area (Å²) in [6.07, 6.45) is 0. The standard InChI is InChI=1S/C56H35NO2/c1-2-12-37(13-3-1)46-19-9-22-50-51-23-11-24-52(56(51)59-55(46)50)57(43-16-8-15-40(35-43)47-20-10-21-49-48-18-6-7-25-53(48)58-54(47)49)42-31-28-36(29-32-42)39-30-33-45-41(34-39)27-26-38-14-4-5-17-44(38)45/h1-35H. The Labute approximate surface area is 340 Å². The summed E-state index contributed by atoms with van der Waals surface area (Å²) in [5.41, 5.74) is 13.1. The fraction of sp³-hybridized carbons (Fsp3) is 0. The van der Waals surface area contributed by atoms with Crippen LogP contribution in [0.5, 0.6) is 0 Å². The molecule has 0 radical (unpaired) electrons. The largest absolute Gasteiger partial charge is 0.455 e. The summed E-state index contributed by atoms with van der Waals surface area (Å²) in [5, 5.41) is 9.42. The topological polar surface area (TPSA) is 29.5 Å². The minimum atomic E-state index is 0.835. The zero-order valence-corrected chi connectivity index (χ0v) is 32.0. The Kier molecular flexibility index (Phi) is 7.54. The maximum atomic E-state index is 7.01. The average Bonchev–Trinajstić information content (AvgIpc) is 3.89. The number of furan rings is 2. The van der Waals surface area contributed by atoms with Crippen molar-refractivity contribution in [1.29, 1.82) is 0 Å². The van der Waals surface area contributed by atoms with E-state index >= 15 is 0 Å². The van der Waals surface area contributed by atoms with E-state index in [9.17, 15) is 0 Å². The molecule has 0 amide bonds. The fourth-order valence-electron chi connectivity index (χ4n) is 9.04. The molecule has 0 aliphatic heterocycles. The summed E-state index contributed by atoms with van der Waals surface area (Å²) < 4.78 is 13.5. The molecule has 10 aromatic carbocycles. The third kappa shape index (κ3) is 5.44. The first-order valence-electron chi connectivity index (χ1n) is 20.1. The van der Waals surface area contributed by atoms with Crippen molar-refractivity contribution in [2.45, 2.75) is 0 Å². The van der Waals surface area contributed by atoms with Gasteiger partial charge in [-0.25, -0.2) is 0 Å². The van der Waals surface area contributed by atoms with Gasteiger partial charge in [0.25, 0.3) is 0 Å². The molecule has 3 heteroatoms. The van der Waals surface area contributed by atoms with E-state index in [-0.39, 0.29) is 0 Å². The summed E-state index contributed by atoms with van der Waals surface area (Å²) in [6.45, 7) is 0. The van der Waals surface area contributed by atoms with Crippen LogP contribution in [-0.2, 0) is 0 Å². The highest BCUT2D eigenvalue weighted by Gasteiger charge is 2.22. The van der Waals surface area contributed by atoms with Gasteiger partial charge in [0.15, 0.2) is 5.58 Å². The molecule has 0 saturated carbocycles. The van der Waals surface area contributed by atoms with Gasteiger partial charge in [-0.2, -0.15) is 0 Å². The van der Waals surface area contributed by atoms with Crippen molar-refractivity contribution in [1.82, 2.24) is 0 Å². The van der Waals surface area contributed by atoms with Gasteiger partial charge in [0.1, 0.15) is 16.7 Å². The zero-order valence-electron chi connectivity index (χ0n) is 32.0. The number of nitrogens with zero attached hydrogens (tertiary/aromatic N) is 1. The number of anilines is 3. The Morgan fingerprint density at radius 1 is 0.288 bits per heavy atom. The predicted octanol–water partition coefficient (Wildman–Crippen LogP) is 16.3. The van der Waals surface area contributed by atoms with Crippen molar-refractivity contribution in [3.63, 3.8) is 0 Å². The molecule has 3 nitrogen and oxygen atoms in total. The maximum absolute atomic E-state index is 7.01. The van der Waals surface area contributed by atoms with Crippen LogP contribution in [0.3, 0.4) is 0 Å². The van der Waals surface area contributed by atoms with E-state index in [0.717, 1.165) is 88.8 Å². The first kappa shape index (κ1) is 33.3. The molecule has 0 unspecified atom stereocenters. The Morgan fingerprint density at radius 3 is 1.73 bits per heavy atom. The summed E-state index contributed by atoms with van der Waals surface area (Å²) in [6, 6.07) is 75.6. The lowest BCUT2D eigenvalue weighted by atomic mass is 9.97. The maximum Gasteiger partial charge on any atom is 0.159 e. The van der Waals surface area contributed by atoms with Gasteiger partial charge >= 0.3 is 0 Å². The predicted molar refractivity (Wildman–Crippen MR) is 247 cm³/mol. The third-order valence-corrected chi connectivity index (χ3v) is 11.9. The van der Waals surface area contributed by atoms with Crippen molar-refractivity contribution in [2.24, 2.45) is 0 Å². The molecular formula is C56H35NO2. The molecule has 59 heavy (non-hydrogen) atoms. The first-order valence-corrected chi connectivity index (χ1v) is 20.1. The van der Waals surface area contributed by atoms with Crippen LogP contribution >= 0.6 is 0 Å². The van der Waals surface area contributed by atoms with Gasteiger partial charge in [-0.1, -0.05) is 170 Å². The Bertz CT molecular complexity index is 3560. The van der Waals surface area contributed by atoms with Crippen molar-refractivity contribution in [3.05, 3.63) is 212 Å². The molecule has 12 rings (SSSR count). The van der Waals surface area contributed by atoms with Crippen LogP contribution in [0.15, 0.2) is 221 Å². The monoisotopic (exact) mass is 753 g/mol. The van der Waals surface area contributed by atoms with Crippen LogP contribution in [0.2, 0.25) is 0 Å². The van der Waals surface area contributed by atoms with Crippen LogP contribution in [0, 0.1) is 0 Å². The highest BCUT2D eigenvalue weighted by atomic mass is 16.3. The van der Waals surface area contributed by atoms with Crippen molar-refractivity contribution >= 4 is 82.5 Å². The van der Waals surface area contributed by atoms with Gasteiger partial charge in [0, 0.05) is 44.0 Å². The Morgan fingerprint density at radius 2 is 0.881 bits per heavy atom. The molecule has 2 heterocycles. The Balaban J connectivity index is 1.03. The van der Waals surface area contributed by atoms with Crippen LogP contribution in [0.4, 0.5) is 17.1 Å². The SMILES string of the molecule is c1ccc(-c2cccc3c2oc2c(N(c4ccc(-c5ccc6c(ccc7ccccc76)c5)cc4)c4cccc(-c5cccc6c5oc5ccccc56)c4)cccc23)cc1. The second kappa shape index (κ2) is 13.4. The quantitative estimate of drug-likeness (QED) is 0.158. The molecule has 12 aromatic rings. The minimum Gasteiger partial charge on any atom is -0.455 e. The Hall–Kier alpha value is -7.88. The lowest BCUT2D eigenvalue weighted by Crippen LogP contribution is -2.10. The van der Waals surface area contributed by atoms with Crippen LogP contribution < -0.4 is 4.90 Å². The van der Waals surface area contributed by atoms with Crippen LogP contribution in [-0.4, -0.2) is 0 Å². The molecule has 0 fully saturated rings. The lowest BCUT2D eigenvalue weighted by Gasteiger charge is -2.26. The molecule has 0 atom stereocenters. The smallest absolute Gasteiger partial charge is 0.159 e. The van der Waals surface area contributed by atoms with Crippen molar-refractivity contribution in [2.75, 3.05) is 4.90 Å². The number of benzene rings is 10. The van der Waals surface area contributed by atoms with Gasteiger partial charge in [-0.15, -0.1) is 0 Å². The first-order chi connectivity index (χ1) is 29.2. The van der Waals surface area contributed by atoms with E-state index in [1.165, 1.54) is 27.1 Å². The number of hydrogen-bond donors (Lipinski definition) is 0. The molecule has 0 bridgehead atoms. The number of rotatable bonds is 6. The van der Waals surface area contributed by atoms with Crippen LogP contribution in [0.25, 0.3) is 98.8 Å². The van der Waals surface area contributed by atoms with Gasteiger partial charge in [0.2, 0.25) is 0 Å². The summed E-state index contributed by atoms with van der Waals surface area (Å²) >= 11 is 0. The number of para-hydroxylation sites is 4. The van der Waals surface area contributed by atoms with Crippen molar-refractivity contribution in [3.8, 4) is 33.4 Å². The molecule has 0 aliphatic rings. The summed E-state index contributed by atoms with van der Waals surface area (Å²) in [4.78, 5) is 2.32. The van der Waals surface area contributed by atoms with Crippen LogP contribution in [0.1, 0.15) is 0 Å². The third-order valence-electron chi connectivity index (χ3n) is 11.9. The minimum absolute atomic E-state index is 0.835. The molecule has 0 saturated heterocycles. The van der Waals surface area contributed by atoms with Gasteiger partial charge in [-0.3, -0.25) is 0 Å².